The van der Waals surface area contributed by atoms with Crippen LogP contribution in [-0.2, 0) is 12.8 Å². The zero-order valence-corrected chi connectivity index (χ0v) is 17.5. The molecular formula is C28H26N2. The molecule has 0 aliphatic carbocycles. The van der Waals surface area contributed by atoms with E-state index in [-0.39, 0.29) is 0 Å². The molecule has 30 heavy (non-hydrogen) atoms. The van der Waals surface area contributed by atoms with Gasteiger partial charge >= 0.3 is 0 Å². The van der Waals surface area contributed by atoms with Gasteiger partial charge in [-0.25, -0.2) is 0 Å². The largest absolute Gasteiger partial charge is 0.355 e. The van der Waals surface area contributed by atoms with Crippen molar-refractivity contribution in [3.63, 3.8) is 0 Å². The fourth-order valence-electron chi connectivity index (χ4n) is 4.30. The monoisotopic (exact) mass is 390 g/mol. The molecule has 2 nitrogen and oxygen atoms in total. The summed E-state index contributed by atoms with van der Waals surface area (Å²) >= 11 is 0. The third-order valence-electron chi connectivity index (χ3n) is 5.85. The van der Waals surface area contributed by atoms with Crippen LogP contribution in [0.1, 0.15) is 25.0 Å². The van der Waals surface area contributed by atoms with Crippen LogP contribution >= 0.6 is 0 Å². The highest BCUT2D eigenvalue weighted by molar-refractivity contribution is 6.10. The van der Waals surface area contributed by atoms with Gasteiger partial charge in [-0.2, -0.15) is 0 Å². The summed E-state index contributed by atoms with van der Waals surface area (Å²) in [6, 6.07) is 32.7. The Morgan fingerprint density at radius 2 is 1.27 bits per heavy atom. The number of aromatic nitrogens is 1. The third kappa shape index (κ3) is 3.25. The predicted molar refractivity (Wildman–Crippen MR) is 129 cm³/mol. The molecule has 0 unspecified atom stereocenters. The molecule has 1 N–H and O–H groups in total. The Morgan fingerprint density at radius 3 is 2.00 bits per heavy atom. The molecule has 5 aromatic rings. The molecule has 0 amide bonds. The Kier molecular flexibility index (Phi) is 4.76. The van der Waals surface area contributed by atoms with E-state index in [1.54, 1.807) is 0 Å². The fourth-order valence-corrected chi connectivity index (χ4v) is 4.30. The first-order valence-corrected chi connectivity index (χ1v) is 10.8. The second-order valence-corrected chi connectivity index (χ2v) is 7.79. The van der Waals surface area contributed by atoms with Crippen LogP contribution in [0.3, 0.4) is 0 Å². The van der Waals surface area contributed by atoms with Crippen LogP contribution in [0.15, 0.2) is 91.0 Å². The molecule has 0 saturated heterocycles. The van der Waals surface area contributed by atoms with Gasteiger partial charge in [-0.05, 0) is 66.4 Å². The molecule has 1 heterocycles. The molecule has 0 spiro atoms. The summed E-state index contributed by atoms with van der Waals surface area (Å²) in [4.78, 5) is 0. The number of anilines is 2. The van der Waals surface area contributed by atoms with E-state index < -0.39 is 0 Å². The van der Waals surface area contributed by atoms with Crippen LogP contribution in [0.2, 0.25) is 0 Å². The summed E-state index contributed by atoms with van der Waals surface area (Å²) < 4.78 is 2.42. The van der Waals surface area contributed by atoms with Crippen molar-refractivity contribution in [3.05, 3.63) is 102 Å². The number of rotatable bonds is 5. The minimum atomic E-state index is 1.04. The molecule has 0 aliphatic rings. The molecule has 1 aromatic heterocycles. The number of hydrogen-bond donors (Lipinski definition) is 1. The summed E-state index contributed by atoms with van der Waals surface area (Å²) in [5, 5.41) is 6.12. The van der Waals surface area contributed by atoms with Crippen molar-refractivity contribution in [2.24, 2.45) is 0 Å². The van der Waals surface area contributed by atoms with Gasteiger partial charge in [0.1, 0.15) is 0 Å². The molecule has 0 atom stereocenters. The van der Waals surface area contributed by atoms with Gasteiger partial charge in [0, 0.05) is 27.8 Å². The minimum absolute atomic E-state index is 1.04. The van der Waals surface area contributed by atoms with Crippen LogP contribution in [0, 0.1) is 0 Å². The van der Waals surface area contributed by atoms with Gasteiger partial charge < -0.3 is 9.88 Å². The quantitative estimate of drug-likeness (QED) is 0.326. The maximum absolute atomic E-state index is 3.55. The zero-order valence-electron chi connectivity index (χ0n) is 17.5. The van der Waals surface area contributed by atoms with E-state index in [0.717, 1.165) is 24.2 Å². The average Bonchev–Trinajstić information content (AvgIpc) is 3.13. The van der Waals surface area contributed by atoms with E-state index >= 15 is 0 Å². The lowest BCUT2D eigenvalue weighted by Crippen LogP contribution is -1.98. The summed E-state index contributed by atoms with van der Waals surface area (Å²) in [6.07, 6.45) is 2.08. The third-order valence-corrected chi connectivity index (χ3v) is 5.85. The van der Waals surface area contributed by atoms with Gasteiger partial charge in [-0.1, -0.05) is 62.4 Å². The molecule has 5 rings (SSSR count). The topological polar surface area (TPSA) is 17.0 Å². The van der Waals surface area contributed by atoms with Crippen molar-refractivity contribution < 1.29 is 0 Å². The lowest BCUT2D eigenvalue weighted by atomic mass is 10.1. The van der Waals surface area contributed by atoms with Gasteiger partial charge in [0.25, 0.3) is 0 Å². The Hall–Kier alpha value is -3.52. The van der Waals surface area contributed by atoms with Crippen molar-refractivity contribution in [3.8, 4) is 5.69 Å². The highest BCUT2D eigenvalue weighted by Gasteiger charge is 2.13. The molecule has 4 aromatic carbocycles. The SMILES string of the molecule is CCc1cc(CC)cc(-n2c3ccccc3c3ccc(Nc4ccccc4)cc32)c1. The van der Waals surface area contributed by atoms with Crippen LogP contribution in [0.25, 0.3) is 27.5 Å². The molecular weight excluding hydrogens is 364 g/mol. The normalized spacial score (nSPS) is 11.3. The summed E-state index contributed by atoms with van der Waals surface area (Å²) in [6.45, 7) is 4.46. The van der Waals surface area contributed by atoms with Crippen molar-refractivity contribution in [2.45, 2.75) is 26.7 Å². The minimum Gasteiger partial charge on any atom is -0.355 e. The van der Waals surface area contributed by atoms with E-state index in [1.165, 1.54) is 38.6 Å². The standard InChI is InChI=1S/C28H26N2/c1-3-20-16-21(4-2)18-24(17-20)30-27-13-9-8-12-25(27)26-15-14-23(19-28(26)30)29-22-10-6-5-7-11-22/h5-19,29H,3-4H2,1-2H3. The van der Waals surface area contributed by atoms with Crippen molar-refractivity contribution in [2.75, 3.05) is 5.32 Å². The lowest BCUT2D eigenvalue weighted by Gasteiger charge is -2.13. The summed E-state index contributed by atoms with van der Waals surface area (Å²) in [7, 11) is 0. The Morgan fingerprint density at radius 1 is 0.600 bits per heavy atom. The highest BCUT2D eigenvalue weighted by atomic mass is 15.0. The molecule has 148 valence electrons. The van der Waals surface area contributed by atoms with Crippen molar-refractivity contribution in [1.82, 2.24) is 4.57 Å². The van der Waals surface area contributed by atoms with E-state index in [9.17, 15) is 0 Å². The Bertz CT molecular complexity index is 1310. The van der Waals surface area contributed by atoms with E-state index in [1.807, 2.05) is 6.07 Å². The molecule has 0 radical (unpaired) electrons. The molecule has 0 bridgehead atoms. The van der Waals surface area contributed by atoms with Gasteiger partial charge in [0.2, 0.25) is 0 Å². The van der Waals surface area contributed by atoms with Gasteiger partial charge in [0.05, 0.1) is 11.0 Å². The first-order chi connectivity index (χ1) is 14.8. The lowest BCUT2D eigenvalue weighted by molar-refractivity contribution is 1.06. The van der Waals surface area contributed by atoms with Crippen molar-refractivity contribution in [1.29, 1.82) is 0 Å². The van der Waals surface area contributed by atoms with E-state index in [4.69, 9.17) is 0 Å². The van der Waals surface area contributed by atoms with Gasteiger partial charge in [0.15, 0.2) is 0 Å². The maximum atomic E-state index is 3.55. The van der Waals surface area contributed by atoms with E-state index in [0.29, 0.717) is 0 Å². The number of para-hydroxylation sites is 2. The molecule has 0 aliphatic heterocycles. The first-order valence-electron chi connectivity index (χ1n) is 10.8. The smallest absolute Gasteiger partial charge is 0.0561 e. The second kappa shape index (κ2) is 7.72. The predicted octanol–water partition coefficient (Wildman–Crippen LogP) is 7.65. The summed E-state index contributed by atoms with van der Waals surface area (Å²) in [5.74, 6) is 0. The Labute approximate surface area is 177 Å². The average molecular weight is 391 g/mol. The number of nitrogens with zero attached hydrogens (tertiary/aromatic N) is 1. The first kappa shape index (κ1) is 18.5. The maximum Gasteiger partial charge on any atom is 0.0561 e. The van der Waals surface area contributed by atoms with E-state index in [2.05, 4.69) is 109 Å². The van der Waals surface area contributed by atoms with Crippen LogP contribution < -0.4 is 5.32 Å². The number of benzene rings is 4. The van der Waals surface area contributed by atoms with Gasteiger partial charge in [-0.15, -0.1) is 0 Å². The van der Waals surface area contributed by atoms with Crippen LogP contribution in [-0.4, -0.2) is 4.57 Å². The van der Waals surface area contributed by atoms with Crippen LogP contribution in [0.5, 0.6) is 0 Å². The second-order valence-electron chi connectivity index (χ2n) is 7.79. The summed E-state index contributed by atoms with van der Waals surface area (Å²) in [5.41, 5.74) is 8.69. The fraction of sp³-hybridized carbons (Fsp3) is 0.143. The highest BCUT2D eigenvalue weighted by Crippen LogP contribution is 2.34. The number of hydrogen-bond acceptors (Lipinski definition) is 1. The number of fused-ring (bicyclic) bond motifs is 3. The van der Waals surface area contributed by atoms with Crippen LogP contribution in [0.4, 0.5) is 11.4 Å². The van der Waals surface area contributed by atoms with Gasteiger partial charge in [-0.3, -0.25) is 0 Å². The zero-order chi connectivity index (χ0) is 20.5. The number of nitrogens with one attached hydrogen (secondary N) is 1. The molecule has 0 fully saturated rings. The molecule has 2 heteroatoms. The Balaban J connectivity index is 1.76. The molecule has 0 saturated carbocycles. The number of aryl methyl sites for hydroxylation is 2. The van der Waals surface area contributed by atoms with Crippen molar-refractivity contribution >= 4 is 33.2 Å².